The number of hydrogen-bond acceptors (Lipinski definition) is 5. The zero-order chi connectivity index (χ0) is 17.8. The first-order valence-electron chi connectivity index (χ1n) is 8.83. The number of aryl methyl sites for hydroxylation is 1. The van der Waals surface area contributed by atoms with Crippen LogP contribution in [0, 0.1) is 6.92 Å². The standard InChI is InChI=1S/C19H25ClN4O/c1-4-15-7-5-6-10-24(15)18-11-13(2)21-19(23-18)22-16-12-14(20)8-9-17(16)25-3/h8-9,11-12,15H,4-7,10H2,1-3H3,(H,21,22,23). The molecule has 0 saturated carbocycles. The molecule has 1 N–H and O–H groups in total. The molecule has 1 aliphatic heterocycles. The molecule has 5 nitrogen and oxygen atoms in total. The summed E-state index contributed by atoms with van der Waals surface area (Å²) in [5, 5.41) is 3.90. The number of aromatic nitrogens is 2. The van der Waals surface area contributed by atoms with Crippen LogP contribution in [0.15, 0.2) is 24.3 Å². The molecule has 0 bridgehead atoms. The van der Waals surface area contributed by atoms with Gasteiger partial charge in [-0.1, -0.05) is 18.5 Å². The number of nitrogens with zero attached hydrogens (tertiary/aromatic N) is 3. The molecule has 0 spiro atoms. The van der Waals surface area contributed by atoms with E-state index in [2.05, 4.69) is 28.2 Å². The van der Waals surface area contributed by atoms with Gasteiger partial charge < -0.3 is 15.0 Å². The van der Waals surface area contributed by atoms with Crippen LogP contribution in [0.1, 0.15) is 38.3 Å². The molecule has 1 fully saturated rings. The van der Waals surface area contributed by atoms with Crippen LogP contribution >= 0.6 is 11.6 Å². The van der Waals surface area contributed by atoms with E-state index in [-0.39, 0.29) is 0 Å². The van der Waals surface area contributed by atoms with E-state index in [0.717, 1.165) is 30.2 Å². The second-order valence-corrected chi connectivity index (χ2v) is 6.85. The lowest BCUT2D eigenvalue weighted by atomic mass is 10.00. The van der Waals surface area contributed by atoms with Crippen molar-refractivity contribution in [1.29, 1.82) is 0 Å². The molecule has 134 valence electrons. The van der Waals surface area contributed by atoms with Crippen LogP contribution in [0.25, 0.3) is 0 Å². The number of ether oxygens (including phenoxy) is 1. The molecule has 1 saturated heterocycles. The van der Waals surface area contributed by atoms with Crippen LogP contribution in [-0.4, -0.2) is 29.7 Å². The topological polar surface area (TPSA) is 50.3 Å². The van der Waals surface area contributed by atoms with Gasteiger partial charge in [0, 0.05) is 29.4 Å². The SMILES string of the molecule is CCC1CCCCN1c1cc(C)nc(Nc2cc(Cl)ccc2OC)n1. The summed E-state index contributed by atoms with van der Waals surface area (Å²) >= 11 is 6.12. The van der Waals surface area contributed by atoms with E-state index in [4.69, 9.17) is 21.3 Å². The molecule has 0 amide bonds. The second-order valence-electron chi connectivity index (χ2n) is 6.41. The fraction of sp³-hybridized carbons (Fsp3) is 0.474. The van der Waals surface area contributed by atoms with Gasteiger partial charge in [0.2, 0.25) is 5.95 Å². The summed E-state index contributed by atoms with van der Waals surface area (Å²) in [5.74, 6) is 2.26. The van der Waals surface area contributed by atoms with Gasteiger partial charge in [-0.15, -0.1) is 0 Å². The van der Waals surface area contributed by atoms with E-state index in [1.807, 2.05) is 19.1 Å². The molecule has 3 rings (SSSR count). The molecule has 25 heavy (non-hydrogen) atoms. The number of rotatable bonds is 5. The van der Waals surface area contributed by atoms with Gasteiger partial charge in [0.1, 0.15) is 11.6 Å². The molecule has 1 atom stereocenters. The molecule has 1 aliphatic rings. The maximum atomic E-state index is 6.12. The second kappa shape index (κ2) is 7.91. The van der Waals surface area contributed by atoms with Crippen molar-refractivity contribution in [2.24, 2.45) is 0 Å². The predicted molar refractivity (Wildman–Crippen MR) is 103 cm³/mol. The molecule has 1 unspecified atom stereocenters. The number of nitrogens with one attached hydrogen (secondary N) is 1. The van der Waals surface area contributed by atoms with Crippen LogP contribution in [0.3, 0.4) is 0 Å². The fourth-order valence-corrected chi connectivity index (χ4v) is 3.55. The molecule has 1 aromatic heterocycles. The van der Waals surface area contributed by atoms with Crippen molar-refractivity contribution in [1.82, 2.24) is 9.97 Å². The van der Waals surface area contributed by atoms with Gasteiger partial charge in [0.15, 0.2) is 0 Å². The first kappa shape index (κ1) is 17.8. The highest BCUT2D eigenvalue weighted by molar-refractivity contribution is 6.31. The van der Waals surface area contributed by atoms with Gasteiger partial charge >= 0.3 is 0 Å². The summed E-state index contributed by atoms with van der Waals surface area (Å²) in [5.41, 5.74) is 1.70. The molecule has 6 heteroatoms. The van der Waals surface area contributed by atoms with Crippen LogP contribution in [0.5, 0.6) is 5.75 Å². The van der Waals surface area contributed by atoms with E-state index in [1.165, 1.54) is 19.3 Å². The maximum absolute atomic E-state index is 6.12. The lowest BCUT2D eigenvalue weighted by molar-refractivity contribution is 0.417. The Bertz CT molecular complexity index is 737. The highest BCUT2D eigenvalue weighted by atomic mass is 35.5. The fourth-order valence-electron chi connectivity index (χ4n) is 3.38. The van der Waals surface area contributed by atoms with Crippen LogP contribution in [-0.2, 0) is 0 Å². The van der Waals surface area contributed by atoms with Gasteiger partial charge in [0.25, 0.3) is 0 Å². The molecule has 2 aromatic rings. The Labute approximate surface area is 154 Å². The highest BCUT2D eigenvalue weighted by Gasteiger charge is 2.23. The molecule has 2 heterocycles. The molecular weight excluding hydrogens is 336 g/mol. The summed E-state index contributed by atoms with van der Waals surface area (Å²) < 4.78 is 5.40. The lowest BCUT2D eigenvalue weighted by Gasteiger charge is -2.36. The van der Waals surface area contributed by atoms with E-state index in [9.17, 15) is 0 Å². The third kappa shape index (κ3) is 4.15. The van der Waals surface area contributed by atoms with Gasteiger partial charge in [-0.25, -0.2) is 4.98 Å². The third-order valence-electron chi connectivity index (χ3n) is 4.64. The van der Waals surface area contributed by atoms with Crippen molar-refractivity contribution >= 4 is 29.1 Å². The quantitative estimate of drug-likeness (QED) is 0.816. The Kier molecular flexibility index (Phi) is 5.63. The van der Waals surface area contributed by atoms with E-state index in [0.29, 0.717) is 22.8 Å². The lowest BCUT2D eigenvalue weighted by Crippen LogP contribution is -2.39. The number of hydrogen-bond donors (Lipinski definition) is 1. The van der Waals surface area contributed by atoms with Gasteiger partial charge in [-0.3, -0.25) is 0 Å². The Morgan fingerprint density at radius 3 is 2.88 bits per heavy atom. The van der Waals surface area contributed by atoms with Gasteiger partial charge in [0.05, 0.1) is 12.8 Å². The Morgan fingerprint density at radius 1 is 1.28 bits per heavy atom. The minimum Gasteiger partial charge on any atom is -0.495 e. The van der Waals surface area contributed by atoms with Crippen LogP contribution < -0.4 is 15.0 Å². The summed E-state index contributed by atoms with van der Waals surface area (Å²) in [4.78, 5) is 11.7. The summed E-state index contributed by atoms with van der Waals surface area (Å²) in [7, 11) is 1.64. The van der Waals surface area contributed by atoms with Crippen molar-refractivity contribution in [3.05, 3.63) is 35.0 Å². The van der Waals surface area contributed by atoms with E-state index >= 15 is 0 Å². The largest absolute Gasteiger partial charge is 0.495 e. The van der Waals surface area contributed by atoms with Crippen molar-refractivity contribution in [2.45, 2.75) is 45.6 Å². The van der Waals surface area contributed by atoms with Crippen molar-refractivity contribution in [2.75, 3.05) is 23.9 Å². The normalized spacial score (nSPS) is 17.4. The minimum atomic E-state index is 0.552. The van der Waals surface area contributed by atoms with E-state index in [1.54, 1.807) is 13.2 Å². The summed E-state index contributed by atoms with van der Waals surface area (Å²) in [6.07, 6.45) is 4.87. The molecule has 0 radical (unpaired) electrons. The van der Waals surface area contributed by atoms with Crippen LogP contribution in [0.2, 0.25) is 5.02 Å². The molecule has 1 aromatic carbocycles. The maximum Gasteiger partial charge on any atom is 0.229 e. The van der Waals surface area contributed by atoms with Crippen molar-refractivity contribution in [3.63, 3.8) is 0 Å². The van der Waals surface area contributed by atoms with Gasteiger partial charge in [-0.05, 0) is 50.8 Å². The van der Waals surface area contributed by atoms with Gasteiger partial charge in [-0.2, -0.15) is 4.98 Å². The Hall–Kier alpha value is -2.01. The first-order valence-corrected chi connectivity index (χ1v) is 9.21. The number of piperidine rings is 1. The monoisotopic (exact) mass is 360 g/mol. The van der Waals surface area contributed by atoms with E-state index < -0.39 is 0 Å². The zero-order valence-corrected chi connectivity index (χ0v) is 15.8. The van der Waals surface area contributed by atoms with Crippen molar-refractivity contribution < 1.29 is 4.74 Å². The first-order chi connectivity index (χ1) is 12.1. The zero-order valence-electron chi connectivity index (χ0n) is 15.1. The smallest absolute Gasteiger partial charge is 0.229 e. The molecule has 0 aliphatic carbocycles. The third-order valence-corrected chi connectivity index (χ3v) is 4.88. The van der Waals surface area contributed by atoms with Crippen LogP contribution in [0.4, 0.5) is 17.5 Å². The number of benzene rings is 1. The number of anilines is 3. The summed E-state index contributed by atoms with van der Waals surface area (Å²) in [6, 6.07) is 8.07. The van der Waals surface area contributed by atoms with Crippen molar-refractivity contribution in [3.8, 4) is 5.75 Å². The average Bonchev–Trinajstić information content (AvgIpc) is 2.61. The summed E-state index contributed by atoms with van der Waals surface area (Å²) in [6.45, 7) is 5.29. The predicted octanol–water partition coefficient (Wildman–Crippen LogP) is 4.96. The number of halogens is 1. The minimum absolute atomic E-state index is 0.552. The Morgan fingerprint density at radius 2 is 2.12 bits per heavy atom. The Balaban J connectivity index is 1.91. The average molecular weight is 361 g/mol. The molecular formula is C19H25ClN4O. The highest BCUT2D eigenvalue weighted by Crippen LogP contribution is 2.31. The number of methoxy groups -OCH3 is 1.